The molecular formula is C14H20N2OS. The van der Waals surface area contributed by atoms with Gasteiger partial charge in [0.15, 0.2) is 0 Å². The van der Waals surface area contributed by atoms with E-state index in [0.29, 0.717) is 6.54 Å². The lowest BCUT2D eigenvalue weighted by molar-refractivity contribution is 0.0846. The van der Waals surface area contributed by atoms with E-state index in [4.69, 9.17) is 0 Å². The van der Waals surface area contributed by atoms with Gasteiger partial charge < -0.3 is 15.4 Å². The molecule has 2 rings (SSSR count). The van der Waals surface area contributed by atoms with Crippen LogP contribution in [0.5, 0.6) is 0 Å². The highest BCUT2D eigenvalue weighted by Gasteiger charge is 2.18. The maximum atomic E-state index is 10.1. The number of hydrogen-bond donors (Lipinski definition) is 3. The summed E-state index contributed by atoms with van der Waals surface area (Å²) in [5, 5.41) is 14.6. The molecule has 98 valence electrons. The Labute approximate surface area is 112 Å². The Kier molecular flexibility index (Phi) is 4.32. The first kappa shape index (κ1) is 13.5. The van der Waals surface area contributed by atoms with Crippen LogP contribution in [0.15, 0.2) is 30.5 Å². The van der Waals surface area contributed by atoms with Crippen molar-refractivity contribution in [3.8, 4) is 0 Å². The Morgan fingerprint density at radius 1 is 1.39 bits per heavy atom. The lowest BCUT2D eigenvalue weighted by Crippen LogP contribution is -2.39. The van der Waals surface area contributed by atoms with E-state index < -0.39 is 5.60 Å². The van der Waals surface area contributed by atoms with Gasteiger partial charge in [-0.25, -0.2) is 0 Å². The molecule has 1 aromatic heterocycles. The van der Waals surface area contributed by atoms with E-state index in [0.717, 1.165) is 12.3 Å². The molecule has 1 atom stereocenters. The standard InChI is InChI=1S/C14H20N2OS/c1-14(17,10-18-2)9-15-8-12-5-3-4-11-6-7-16-13(11)12/h3-7,15-17H,8-10H2,1-2H3. The molecule has 0 spiro atoms. The van der Waals surface area contributed by atoms with Gasteiger partial charge >= 0.3 is 0 Å². The zero-order valence-corrected chi connectivity index (χ0v) is 11.7. The summed E-state index contributed by atoms with van der Waals surface area (Å²) in [6.45, 7) is 3.24. The van der Waals surface area contributed by atoms with E-state index in [9.17, 15) is 5.11 Å². The van der Waals surface area contributed by atoms with Crippen LogP contribution in [0.2, 0.25) is 0 Å². The fourth-order valence-corrected chi connectivity index (χ4v) is 2.85. The molecule has 3 nitrogen and oxygen atoms in total. The number of para-hydroxylation sites is 1. The topological polar surface area (TPSA) is 48.0 Å². The molecule has 0 fully saturated rings. The Morgan fingerprint density at radius 3 is 3.00 bits per heavy atom. The number of aromatic amines is 1. The zero-order chi connectivity index (χ0) is 13.0. The Hall–Kier alpha value is -0.970. The number of hydrogen-bond acceptors (Lipinski definition) is 3. The van der Waals surface area contributed by atoms with E-state index >= 15 is 0 Å². The van der Waals surface area contributed by atoms with E-state index in [1.165, 1.54) is 16.5 Å². The van der Waals surface area contributed by atoms with E-state index in [2.05, 4.69) is 34.6 Å². The third-order valence-electron chi connectivity index (χ3n) is 2.95. The summed E-state index contributed by atoms with van der Waals surface area (Å²) in [7, 11) is 0. The van der Waals surface area contributed by atoms with Crippen molar-refractivity contribution in [1.29, 1.82) is 0 Å². The average Bonchev–Trinajstić information content (AvgIpc) is 2.77. The van der Waals surface area contributed by atoms with Crippen molar-refractivity contribution in [3.05, 3.63) is 36.0 Å². The van der Waals surface area contributed by atoms with E-state index in [-0.39, 0.29) is 0 Å². The third kappa shape index (κ3) is 3.28. The molecule has 0 aliphatic carbocycles. The Balaban J connectivity index is 1.96. The molecule has 0 amide bonds. The summed E-state index contributed by atoms with van der Waals surface area (Å²) in [5.74, 6) is 0.743. The van der Waals surface area contributed by atoms with E-state index in [1.54, 1.807) is 11.8 Å². The molecule has 0 radical (unpaired) electrons. The van der Waals surface area contributed by atoms with Crippen LogP contribution >= 0.6 is 11.8 Å². The van der Waals surface area contributed by atoms with Gasteiger partial charge in [0.25, 0.3) is 0 Å². The molecule has 4 heteroatoms. The second-order valence-corrected chi connectivity index (χ2v) is 5.76. The highest BCUT2D eigenvalue weighted by atomic mass is 32.2. The molecule has 0 saturated heterocycles. The molecule has 0 aliphatic heterocycles. The molecule has 1 unspecified atom stereocenters. The lowest BCUT2D eigenvalue weighted by Gasteiger charge is -2.22. The van der Waals surface area contributed by atoms with Crippen LogP contribution in [-0.4, -0.2) is 34.2 Å². The van der Waals surface area contributed by atoms with Gasteiger partial charge in [0.1, 0.15) is 0 Å². The van der Waals surface area contributed by atoms with Crippen LogP contribution in [0, 0.1) is 0 Å². The number of benzene rings is 1. The summed E-state index contributed by atoms with van der Waals surface area (Å²) in [4.78, 5) is 3.25. The van der Waals surface area contributed by atoms with Gasteiger partial charge in [-0.1, -0.05) is 18.2 Å². The lowest BCUT2D eigenvalue weighted by atomic mass is 10.1. The predicted octanol–water partition coefficient (Wildman–Crippen LogP) is 2.37. The second kappa shape index (κ2) is 5.78. The van der Waals surface area contributed by atoms with E-state index in [1.807, 2.05) is 19.4 Å². The van der Waals surface area contributed by atoms with Crippen molar-refractivity contribution in [2.24, 2.45) is 0 Å². The summed E-state index contributed by atoms with van der Waals surface area (Å²) in [5.41, 5.74) is 1.76. The fourth-order valence-electron chi connectivity index (χ4n) is 2.13. The van der Waals surface area contributed by atoms with Gasteiger partial charge in [0.2, 0.25) is 0 Å². The van der Waals surface area contributed by atoms with Gasteiger partial charge in [-0.15, -0.1) is 0 Å². The van der Waals surface area contributed by atoms with Crippen LogP contribution in [0.4, 0.5) is 0 Å². The number of thioether (sulfide) groups is 1. The summed E-state index contributed by atoms with van der Waals surface area (Å²) in [6, 6.07) is 8.34. The first-order valence-electron chi connectivity index (χ1n) is 6.09. The molecular weight excluding hydrogens is 244 g/mol. The Morgan fingerprint density at radius 2 is 2.22 bits per heavy atom. The van der Waals surface area contributed by atoms with Gasteiger partial charge in [0, 0.05) is 30.6 Å². The monoisotopic (exact) mass is 264 g/mol. The number of aliphatic hydroxyl groups is 1. The normalized spacial score (nSPS) is 14.8. The first-order valence-corrected chi connectivity index (χ1v) is 7.49. The van der Waals surface area contributed by atoms with Crippen molar-refractivity contribution in [3.63, 3.8) is 0 Å². The van der Waals surface area contributed by atoms with Crippen molar-refractivity contribution >= 4 is 22.7 Å². The van der Waals surface area contributed by atoms with Crippen molar-refractivity contribution in [2.45, 2.75) is 19.1 Å². The van der Waals surface area contributed by atoms with Crippen molar-refractivity contribution in [1.82, 2.24) is 10.3 Å². The molecule has 2 aromatic rings. The van der Waals surface area contributed by atoms with Crippen LogP contribution in [0.25, 0.3) is 10.9 Å². The number of aromatic nitrogens is 1. The molecule has 18 heavy (non-hydrogen) atoms. The summed E-state index contributed by atoms with van der Waals surface area (Å²) in [6.07, 6.45) is 3.96. The van der Waals surface area contributed by atoms with Crippen LogP contribution in [-0.2, 0) is 6.54 Å². The van der Waals surface area contributed by atoms with Gasteiger partial charge in [-0.05, 0) is 30.2 Å². The molecule has 3 N–H and O–H groups in total. The minimum Gasteiger partial charge on any atom is -0.388 e. The minimum absolute atomic E-state index is 0.602. The quantitative estimate of drug-likeness (QED) is 0.751. The third-order valence-corrected chi connectivity index (χ3v) is 3.86. The van der Waals surface area contributed by atoms with Crippen LogP contribution in [0.3, 0.4) is 0 Å². The van der Waals surface area contributed by atoms with Crippen molar-refractivity contribution in [2.75, 3.05) is 18.6 Å². The maximum Gasteiger partial charge on any atom is 0.0833 e. The number of fused-ring (bicyclic) bond motifs is 1. The maximum absolute atomic E-state index is 10.1. The predicted molar refractivity (Wildman–Crippen MR) is 79.0 cm³/mol. The van der Waals surface area contributed by atoms with Crippen LogP contribution in [0.1, 0.15) is 12.5 Å². The van der Waals surface area contributed by atoms with Crippen molar-refractivity contribution < 1.29 is 5.11 Å². The van der Waals surface area contributed by atoms with Gasteiger partial charge in [-0.2, -0.15) is 11.8 Å². The average molecular weight is 264 g/mol. The SMILES string of the molecule is CSCC(C)(O)CNCc1cccc2cc[nH]c12. The fraction of sp³-hybridized carbons (Fsp3) is 0.429. The Bertz CT molecular complexity index is 507. The summed E-state index contributed by atoms with van der Waals surface area (Å²) >= 11 is 1.66. The highest BCUT2D eigenvalue weighted by Crippen LogP contribution is 2.17. The first-order chi connectivity index (χ1) is 8.62. The number of rotatable bonds is 6. The number of nitrogens with one attached hydrogen (secondary N) is 2. The van der Waals surface area contributed by atoms with Crippen LogP contribution < -0.4 is 5.32 Å². The van der Waals surface area contributed by atoms with Gasteiger partial charge in [0.05, 0.1) is 5.60 Å². The highest BCUT2D eigenvalue weighted by molar-refractivity contribution is 7.98. The second-order valence-electron chi connectivity index (χ2n) is 4.89. The number of H-pyrrole nitrogens is 1. The molecule has 0 bridgehead atoms. The smallest absolute Gasteiger partial charge is 0.0833 e. The molecule has 1 aromatic carbocycles. The minimum atomic E-state index is -0.650. The largest absolute Gasteiger partial charge is 0.388 e. The molecule has 0 aliphatic rings. The molecule has 0 saturated carbocycles. The van der Waals surface area contributed by atoms with Gasteiger partial charge in [-0.3, -0.25) is 0 Å². The summed E-state index contributed by atoms with van der Waals surface area (Å²) < 4.78 is 0. The molecule has 1 heterocycles. The zero-order valence-electron chi connectivity index (χ0n) is 10.9.